The summed E-state index contributed by atoms with van der Waals surface area (Å²) in [7, 11) is -3.18. The zero-order chi connectivity index (χ0) is 24.6. The smallest absolute Gasteiger partial charge is 0.333 e. The predicted octanol–water partition coefficient (Wildman–Crippen LogP) is 3.19. The number of imidazole rings is 1. The first-order valence-corrected chi connectivity index (χ1v) is 13.6. The average molecular weight is 501 g/mol. The second kappa shape index (κ2) is 9.54. The Hall–Kier alpha value is -3.05. The number of nitrogens with one attached hydrogen (secondary N) is 1. The summed E-state index contributed by atoms with van der Waals surface area (Å²) in [6, 6.07) is 7.81. The van der Waals surface area contributed by atoms with Crippen molar-refractivity contribution in [1.82, 2.24) is 23.4 Å². The Morgan fingerprint density at radius 1 is 1.09 bits per heavy atom. The predicted molar refractivity (Wildman–Crippen MR) is 132 cm³/mol. The summed E-state index contributed by atoms with van der Waals surface area (Å²) in [6.07, 6.45) is 7.79. The largest absolute Gasteiger partial charge is 0.351 e. The number of hydrogen-bond donors (Lipinski definition) is 1. The molecule has 0 amide bonds. The fourth-order valence-electron chi connectivity index (χ4n) is 4.62. The molecule has 1 aliphatic carbocycles. The normalized spacial score (nSPS) is 17.9. The molecule has 35 heavy (non-hydrogen) atoms. The Morgan fingerprint density at radius 2 is 1.80 bits per heavy atom. The van der Waals surface area contributed by atoms with Crippen molar-refractivity contribution >= 4 is 16.0 Å². The van der Waals surface area contributed by atoms with Crippen LogP contribution in [0, 0.1) is 5.82 Å². The first-order chi connectivity index (χ1) is 16.9. The molecule has 2 aliphatic rings. The summed E-state index contributed by atoms with van der Waals surface area (Å²) in [5, 5.41) is 3.33. The van der Waals surface area contributed by atoms with Gasteiger partial charge in [0.05, 0.1) is 22.8 Å². The molecule has 2 fully saturated rings. The Balaban J connectivity index is 1.42. The SMILES string of the molecule is CCS(=O)(=O)N1CCC(Nc2nccc(-c3cn(C4CCC4)c(=O)n3-c3ccc(F)cc3)n2)CC1. The molecule has 0 atom stereocenters. The van der Waals surface area contributed by atoms with Crippen LogP contribution >= 0.6 is 0 Å². The van der Waals surface area contributed by atoms with Crippen LogP contribution in [0.2, 0.25) is 0 Å². The first kappa shape index (κ1) is 23.7. The number of halogens is 1. The quantitative estimate of drug-likeness (QED) is 0.535. The Bertz CT molecular complexity index is 1360. The number of anilines is 1. The van der Waals surface area contributed by atoms with Crippen molar-refractivity contribution in [3.63, 3.8) is 0 Å². The van der Waals surface area contributed by atoms with Crippen LogP contribution in [0.1, 0.15) is 45.1 Å². The molecule has 3 aromatic rings. The van der Waals surface area contributed by atoms with Gasteiger partial charge in [0.1, 0.15) is 5.82 Å². The van der Waals surface area contributed by atoms with Gasteiger partial charge in [-0.3, -0.25) is 9.13 Å². The van der Waals surface area contributed by atoms with E-state index in [1.54, 1.807) is 40.5 Å². The summed E-state index contributed by atoms with van der Waals surface area (Å²) in [5.74, 6) is 0.161. The number of aromatic nitrogens is 4. The number of nitrogens with zero attached hydrogens (tertiary/aromatic N) is 5. The summed E-state index contributed by atoms with van der Waals surface area (Å²) >= 11 is 0. The molecule has 1 aliphatic heterocycles. The molecule has 0 radical (unpaired) electrons. The first-order valence-electron chi connectivity index (χ1n) is 12.0. The average Bonchev–Trinajstić information content (AvgIpc) is 3.16. The van der Waals surface area contributed by atoms with Crippen molar-refractivity contribution in [3.05, 3.63) is 59.0 Å². The highest BCUT2D eigenvalue weighted by Gasteiger charge is 2.28. The van der Waals surface area contributed by atoms with Crippen LogP contribution in [0.5, 0.6) is 0 Å². The van der Waals surface area contributed by atoms with E-state index in [4.69, 9.17) is 0 Å². The van der Waals surface area contributed by atoms with E-state index in [2.05, 4.69) is 15.3 Å². The third-order valence-corrected chi connectivity index (χ3v) is 8.81. The molecule has 1 saturated carbocycles. The molecule has 186 valence electrons. The topological polar surface area (TPSA) is 102 Å². The van der Waals surface area contributed by atoms with Crippen molar-refractivity contribution in [2.24, 2.45) is 0 Å². The van der Waals surface area contributed by atoms with E-state index in [-0.39, 0.29) is 29.3 Å². The molecule has 1 saturated heterocycles. The van der Waals surface area contributed by atoms with Gasteiger partial charge in [-0.05, 0) is 69.4 Å². The monoisotopic (exact) mass is 500 g/mol. The van der Waals surface area contributed by atoms with Gasteiger partial charge in [-0.1, -0.05) is 0 Å². The molecule has 1 aromatic carbocycles. The second-order valence-corrected chi connectivity index (χ2v) is 11.3. The molecule has 11 heteroatoms. The minimum Gasteiger partial charge on any atom is -0.351 e. The number of piperidine rings is 1. The lowest BCUT2D eigenvalue weighted by Crippen LogP contribution is -2.43. The van der Waals surface area contributed by atoms with E-state index in [1.807, 2.05) is 6.20 Å². The van der Waals surface area contributed by atoms with E-state index in [1.165, 1.54) is 16.4 Å². The van der Waals surface area contributed by atoms with Gasteiger partial charge in [-0.2, -0.15) is 0 Å². The second-order valence-electron chi connectivity index (χ2n) is 9.08. The van der Waals surface area contributed by atoms with E-state index in [0.29, 0.717) is 49.0 Å². The van der Waals surface area contributed by atoms with Crippen LogP contribution in [-0.4, -0.2) is 56.7 Å². The highest BCUT2D eigenvalue weighted by molar-refractivity contribution is 7.89. The van der Waals surface area contributed by atoms with Gasteiger partial charge >= 0.3 is 5.69 Å². The molecule has 1 N–H and O–H groups in total. The van der Waals surface area contributed by atoms with Gasteiger partial charge in [0.2, 0.25) is 16.0 Å². The van der Waals surface area contributed by atoms with Crippen LogP contribution in [0.15, 0.2) is 47.5 Å². The van der Waals surface area contributed by atoms with Crippen LogP contribution in [0.4, 0.5) is 10.3 Å². The van der Waals surface area contributed by atoms with Gasteiger partial charge in [-0.15, -0.1) is 0 Å². The lowest BCUT2D eigenvalue weighted by molar-refractivity contribution is 0.306. The Morgan fingerprint density at radius 3 is 2.43 bits per heavy atom. The van der Waals surface area contributed by atoms with Crippen LogP contribution in [0.25, 0.3) is 17.1 Å². The summed E-state index contributed by atoms with van der Waals surface area (Å²) in [5.41, 5.74) is 1.59. The third kappa shape index (κ3) is 4.74. The third-order valence-electron chi connectivity index (χ3n) is 6.93. The van der Waals surface area contributed by atoms with Crippen molar-refractivity contribution in [2.45, 2.75) is 51.1 Å². The lowest BCUT2D eigenvalue weighted by atomic mass is 9.93. The molecular weight excluding hydrogens is 471 g/mol. The molecule has 0 bridgehead atoms. The Labute approximate surface area is 203 Å². The minimum atomic E-state index is -3.18. The fourth-order valence-corrected chi connectivity index (χ4v) is 5.76. The van der Waals surface area contributed by atoms with E-state index >= 15 is 0 Å². The van der Waals surface area contributed by atoms with Gasteiger partial charge in [0.25, 0.3) is 0 Å². The summed E-state index contributed by atoms with van der Waals surface area (Å²) < 4.78 is 42.6. The van der Waals surface area contributed by atoms with Crippen LogP contribution in [-0.2, 0) is 10.0 Å². The minimum absolute atomic E-state index is 0.0485. The number of benzene rings is 1. The summed E-state index contributed by atoms with van der Waals surface area (Å²) in [4.78, 5) is 22.4. The number of hydrogen-bond acceptors (Lipinski definition) is 6. The molecule has 0 unspecified atom stereocenters. The molecule has 2 aromatic heterocycles. The molecule has 5 rings (SSSR count). The molecular formula is C24H29FN6O3S. The lowest BCUT2D eigenvalue weighted by Gasteiger charge is -2.31. The highest BCUT2D eigenvalue weighted by Crippen LogP contribution is 2.32. The maximum absolute atomic E-state index is 13.6. The molecule has 9 nitrogen and oxygen atoms in total. The van der Waals surface area contributed by atoms with Gasteiger partial charge in [0, 0.05) is 37.6 Å². The summed E-state index contributed by atoms with van der Waals surface area (Å²) in [6.45, 7) is 2.58. The van der Waals surface area contributed by atoms with E-state index < -0.39 is 10.0 Å². The standard InChI is InChI=1S/C24H29FN6O3S/c1-2-35(33,34)29-14-11-18(12-15-29)27-23-26-13-10-21(28-23)22-16-30(19-4-3-5-19)24(32)31(22)20-8-6-17(25)7-9-20/h6-10,13,16,18-19H,2-5,11-12,14-15H2,1H3,(H,26,27,28). The van der Waals surface area contributed by atoms with E-state index in [9.17, 15) is 17.6 Å². The van der Waals surface area contributed by atoms with Crippen molar-refractivity contribution < 1.29 is 12.8 Å². The van der Waals surface area contributed by atoms with Gasteiger partial charge in [0.15, 0.2) is 0 Å². The van der Waals surface area contributed by atoms with Crippen molar-refractivity contribution in [3.8, 4) is 17.1 Å². The van der Waals surface area contributed by atoms with Crippen molar-refractivity contribution in [2.75, 3.05) is 24.2 Å². The molecule has 0 spiro atoms. The highest BCUT2D eigenvalue weighted by atomic mass is 32.2. The number of rotatable bonds is 7. The number of sulfonamides is 1. The van der Waals surface area contributed by atoms with Crippen molar-refractivity contribution in [1.29, 1.82) is 0 Å². The van der Waals surface area contributed by atoms with Crippen LogP contribution < -0.4 is 11.0 Å². The van der Waals surface area contributed by atoms with Crippen LogP contribution in [0.3, 0.4) is 0 Å². The van der Waals surface area contributed by atoms with Gasteiger partial charge < -0.3 is 5.32 Å². The molecule has 3 heterocycles. The zero-order valence-corrected chi connectivity index (χ0v) is 20.4. The maximum atomic E-state index is 13.6. The van der Waals surface area contributed by atoms with Gasteiger partial charge in [-0.25, -0.2) is 31.9 Å². The maximum Gasteiger partial charge on any atom is 0.333 e. The fraction of sp³-hybridized carbons (Fsp3) is 0.458. The Kier molecular flexibility index (Phi) is 6.45. The zero-order valence-electron chi connectivity index (χ0n) is 19.6. The van der Waals surface area contributed by atoms with E-state index in [0.717, 1.165) is 19.3 Å².